The Morgan fingerprint density at radius 2 is 1.41 bits per heavy atom. The van der Waals surface area contributed by atoms with Crippen molar-refractivity contribution in [3.8, 4) is 22.6 Å². The molecule has 0 spiro atoms. The number of benzene rings is 3. The Balaban J connectivity index is 0.778. The van der Waals surface area contributed by atoms with E-state index in [9.17, 15) is 63.0 Å². The van der Waals surface area contributed by atoms with E-state index in [4.69, 9.17) is 23.7 Å². The minimum absolute atomic E-state index is 0.00475. The van der Waals surface area contributed by atoms with E-state index >= 15 is 0 Å². The lowest BCUT2D eigenvalue weighted by Gasteiger charge is -2.31. The van der Waals surface area contributed by atoms with Gasteiger partial charge in [-0.15, -0.1) is 0 Å². The predicted molar refractivity (Wildman–Crippen MR) is 342 cm³/mol. The first-order chi connectivity index (χ1) is 45.4. The van der Waals surface area contributed by atoms with Crippen molar-refractivity contribution in [3.63, 3.8) is 0 Å². The Morgan fingerprint density at radius 1 is 0.726 bits per heavy atom. The number of nitrogens with one attached hydrogen (secondary N) is 6. The Hall–Kier alpha value is -10.7. The van der Waals surface area contributed by atoms with Crippen molar-refractivity contribution >= 4 is 88.1 Å². The van der Waals surface area contributed by atoms with Crippen molar-refractivity contribution in [1.82, 2.24) is 39.9 Å². The van der Waals surface area contributed by atoms with Crippen LogP contribution < -0.4 is 46.3 Å². The largest absolute Gasteiger partial charge is 0.493 e. The number of hydrogen-bond donors (Lipinski definition) is 8. The molecule has 0 bridgehead atoms. The number of aliphatic hydroxyl groups is 1. The van der Waals surface area contributed by atoms with E-state index in [0.29, 0.717) is 28.1 Å². The predicted octanol–water partition coefficient (Wildman–Crippen LogP) is 3.87. The smallest absolute Gasteiger partial charge is 0.416 e. The fourth-order valence-corrected chi connectivity index (χ4v) is 10.4. The summed E-state index contributed by atoms with van der Waals surface area (Å²) in [5.74, 6) is -5.45. The molecule has 5 aromatic rings. The summed E-state index contributed by atoms with van der Waals surface area (Å²) in [6.07, 6.45) is 3.05. The molecule has 504 valence electrons. The molecule has 2 aromatic heterocycles. The van der Waals surface area contributed by atoms with Crippen molar-refractivity contribution in [3.05, 3.63) is 126 Å². The summed E-state index contributed by atoms with van der Waals surface area (Å²) in [6.45, 7) is 9.44. The Bertz CT molecular complexity index is 3750. The van der Waals surface area contributed by atoms with Crippen LogP contribution in [0.4, 0.5) is 27.7 Å². The zero-order chi connectivity index (χ0) is 68.6. The number of amides is 10. The number of carboxylic acid groups (broad SMARTS) is 1. The summed E-state index contributed by atoms with van der Waals surface area (Å²) in [6, 6.07) is 14.5. The number of anilines is 4. The number of imidazole rings is 1. The number of carbonyl (C=O) groups is 11. The van der Waals surface area contributed by atoms with Crippen molar-refractivity contribution in [2.45, 2.75) is 83.8 Å². The molecule has 30 heteroatoms. The van der Waals surface area contributed by atoms with Gasteiger partial charge in [-0.1, -0.05) is 50.3 Å². The van der Waals surface area contributed by atoms with Crippen LogP contribution in [0.25, 0.3) is 11.1 Å². The number of nitrogens with zero attached hydrogens (tertiary/aromatic N) is 6. The van der Waals surface area contributed by atoms with Crippen LogP contribution in [0.3, 0.4) is 0 Å². The number of methoxy groups -OCH3 is 1. The second kappa shape index (κ2) is 32.2. The Morgan fingerprint density at radius 3 is 2.08 bits per heavy atom. The van der Waals surface area contributed by atoms with Crippen LogP contribution >= 0.6 is 0 Å². The number of ether oxygens (including phenoxy) is 5. The third kappa shape index (κ3) is 18.3. The molecule has 1 unspecified atom stereocenters. The molecule has 10 amide bonds. The average Bonchev–Trinajstić information content (AvgIpc) is 1.64. The van der Waals surface area contributed by atoms with E-state index in [1.807, 2.05) is 0 Å². The SMILES string of the molecule is C=C1C[C@H]2C(O)N(C(=O)OCc3ccc(NC(=O)[C@H](C)NC(=O)[C@@H](NC(=O)CCOCCOCCNC(=O)CCN4C(=O)C=CC4=O)C(C)C)cc3)c3cc(OCCCC(=O)Nc4cn(C)c(C(=O)Nc5ccc(-c6cc(C(=O)O)n(C)c6)cc5)n4)c(OC)cc3C(=O)N2C1. The third-order valence-electron chi connectivity index (χ3n) is 15.5. The molecular formula is C65H76N12O18. The quantitative estimate of drug-likeness (QED) is 0.0177. The van der Waals surface area contributed by atoms with Crippen molar-refractivity contribution in [2.75, 3.05) is 80.6 Å². The van der Waals surface area contributed by atoms with Gasteiger partial charge in [-0.25, -0.2) is 19.5 Å². The zero-order valence-corrected chi connectivity index (χ0v) is 53.3. The standard InChI is InChI=1S/C65H76N12O18/c1-37(2)57(72-54(80)21-25-92-27-28-93-26-22-66-52(78)20-23-75-55(81)18-19-56(75)82)60(84)67-39(4)59(83)68-43-14-10-40(11-15-43)36-95-65(90)77-46-32-50(49(91-7)31-45(46)62(86)76-33-38(3)29-47(76)63(77)87)94-24-8-9-53(79)70-51-35-74(6)58(71-51)61(85)69-44-16-12-41(13-17-44)42-30-48(64(88)89)73(5)34-42/h10-19,30-32,34-35,37,39,47,57,63,87H,3,8-9,20-29,33,36H2,1-2,4-7H3,(H,66,78)(H,67,84)(H,68,83)(H,69,85)(H,70,79)(H,72,80)(H,88,89)/t39-,47-,57-,63?/m0/s1. The number of aryl methyl sites for hydroxylation is 2. The van der Waals surface area contributed by atoms with Gasteiger partial charge in [0.05, 0.1) is 57.4 Å². The highest BCUT2D eigenvalue weighted by atomic mass is 16.6. The van der Waals surface area contributed by atoms with Gasteiger partial charge in [0.1, 0.15) is 24.4 Å². The van der Waals surface area contributed by atoms with Gasteiger partial charge in [-0.05, 0) is 73.2 Å². The lowest BCUT2D eigenvalue weighted by Crippen LogP contribution is -2.53. The maximum Gasteiger partial charge on any atom is 0.416 e. The van der Waals surface area contributed by atoms with Gasteiger partial charge in [0.25, 0.3) is 23.6 Å². The van der Waals surface area contributed by atoms with Gasteiger partial charge in [0.2, 0.25) is 35.4 Å². The number of fused-ring (bicyclic) bond motifs is 2. The molecule has 30 nitrogen and oxygen atoms in total. The molecule has 5 heterocycles. The number of carbonyl (C=O) groups excluding carboxylic acids is 10. The van der Waals surface area contributed by atoms with E-state index < -0.39 is 83.7 Å². The minimum atomic E-state index is -1.60. The fraction of sp³-hybridized carbons (Fsp3) is 0.385. The summed E-state index contributed by atoms with van der Waals surface area (Å²) in [5.41, 5.74) is 3.46. The molecule has 3 aromatic carbocycles. The lowest BCUT2D eigenvalue weighted by atomic mass is 10.0. The molecule has 3 aliphatic heterocycles. The third-order valence-corrected chi connectivity index (χ3v) is 15.5. The van der Waals surface area contributed by atoms with Crippen LogP contribution in [0.2, 0.25) is 0 Å². The molecule has 3 aliphatic rings. The highest BCUT2D eigenvalue weighted by Gasteiger charge is 2.46. The number of imide groups is 1. The number of aromatic nitrogens is 3. The first-order valence-electron chi connectivity index (χ1n) is 30.5. The molecule has 1 saturated heterocycles. The van der Waals surface area contributed by atoms with Gasteiger partial charge < -0.3 is 79.8 Å². The topological polar surface area (TPSA) is 379 Å². The van der Waals surface area contributed by atoms with Gasteiger partial charge in [0, 0.05) is 101 Å². The molecule has 0 aliphatic carbocycles. The van der Waals surface area contributed by atoms with E-state index in [-0.39, 0.29) is 143 Å². The first-order valence-corrected chi connectivity index (χ1v) is 30.5. The summed E-state index contributed by atoms with van der Waals surface area (Å²) >= 11 is 0. The number of rotatable bonds is 31. The van der Waals surface area contributed by atoms with Gasteiger partial charge in [-0.3, -0.25) is 48.1 Å². The molecule has 8 N–H and O–H groups in total. The van der Waals surface area contributed by atoms with Crippen molar-refractivity contribution < 1.29 is 86.6 Å². The van der Waals surface area contributed by atoms with Gasteiger partial charge in [-0.2, -0.15) is 0 Å². The van der Waals surface area contributed by atoms with Crippen molar-refractivity contribution in [2.24, 2.45) is 20.0 Å². The Labute approximate surface area is 545 Å². The Kier molecular flexibility index (Phi) is 23.8. The average molecular weight is 1310 g/mol. The lowest BCUT2D eigenvalue weighted by molar-refractivity contribution is -0.137. The van der Waals surface area contributed by atoms with E-state index in [1.54, 1.807) is 88.7 Å². The molecule has 1 fully saturated rings. The highest BCUT2D eigenvalue weighted by molar-refractivity contribution is 6.13. The number of carboxylic acids is 1. The van der Waals surface area contributed by atoms with Crippen LogP contribution in [0.15, 0.2) is 103 Å². The van der Waals surface area contributed by atoms with E-state index in [2.05, 4.69) is 43.5 Å². The van der Waals surface area contributed by atoms with Crippen LogP contribution in [-0.4, -0.2) is 183 Å². The first kappa shape index (κ1) is 70.2. The van der Waals surface area contributed by atoms with Gasteiger partial charge in [0.15, 0.2) is 23.5 Å². The maximum atomic E-state index is 14.2. The molecule has 0 radical (unpaired) electrons. The number of aliphatic hydroxyl groups excluding tert-OH is 1. The van der Waals surface area contributed by atoms with Crippen LogP contribution in [-0.2, 0) is 68.5 Å². The normalized spacial score (nSPS) is 15.6. The van der Waals surface area contributed by atoms with Gasteiger partial charge >= 0.3 is 12.1 Å². The molecule has 0 saturated carbocycles. The highest BCUT2D eigenvalue weighted by Crippen LogP contribution is 2.42. The minimum Gasteiger partial charge on any atom is -0.493 e. The van der Waals surface area contributed by atoms with E-state index in [1.165, 1.54) is 46.4 Å². The maximum absolute atomic E-state index is 14.2. The molecule has 95 heavy (non-hydrogen) atoms. The van der Waals surface area contributed by atoms with Crippen LogP contribution in [0.5, 0.6) is 11.5 Å². The number of aromatic carboxylic acids is 1. The molecule has 4 atom stereocenters. The number of hydrogen-bond acceptors (Lipinski definition) is 18. The monoisotopic (exact) mass is 1310 g/mol. The zero-order valence-electron chi connectivity index (χ0n) is 53.3. The van der Waals surface area contributed by atoms with Crippen LogP contribution in [0, 0.1) is 5.92 Å². The summed E-state index contributed by atoms with van der Waals surface area (Å²) < 4.78 is 31.4. The molecular weight excluding hydrogens is 1240 g/mol. The molecule has 8 rings (SSSR count). The summed E-state index contributed by atoms with van der Waals surface area (Å²) in [4.78, 5) is 149. The second-order valence-electron chi connectivity index (χ2n) is 22.9. The summed E-state index contributed by atoms with van der Waals surface area (Å²) in [7, 11) is 4.60. The van der Waals surface area contributed by atoms with E-state index in [0.717, 1.165) is 27.5 Å². The van der Waals surface area contributed by atoms with Crippen LogP contribution in [0.1, 0.15) is 89.9 Å². The fourth-order valence-electron chi connectivity index (χ4n) is 10.4. The second-order valence-corrected chi connectivity index (χ2v) is 22.9. The van der Waals surface area contributed by atoms with Crippen molar-refractivity contribution in [1.29, 1.82) is 0 Å². The summed E-state index contributed by atoms with van der Waals surface area (Å²) in [5, 5.41) is 37.5.